The van der Waals surface area contributed by atoms with Crippen LogP contribution in [0.3, 0.4) is 0 Å². The zero-order chi connectivity index (χ0) is 18.3. The molecule has 144 valence electrons. The van der Waals surface area contributed by atoms with E-state index in [4.69, 9.17) is 0 Å². The third-order valence-electron chi connectivity index (χ3n) is 2.09. The van der Waals surface area contributed by atoms with Crippen LogP contribution in [-0.4, -0.2) is 0 Å². The molecule has 0 aliphatic heterocycles. The highest BCUT2D eigenvalue weighted by atomic mass is 14.0. The monoisotopic (exact) mass is 344 g/mol. The van der Waals surface area contributed by atoms with E-state index in [1.54, 1.807) is 12.2 Å². The largest absolute Gasteiger partial charge is 0.103 e. The lowest BCUT2D eigenvalue weighted by atomic mass is 10.1. The summed E-state index contributed by atoms with van der Waals surface area (Å²) < 4.78 is 0. The van der Waals surface area contributed by atoms with E-state index >= 15 is 0 Å². The number of rotatable bonds is 2. The smallest absolute Gasteiger partial charge is 0.00258 e. The molecule has 0 heteroatoms. The van der Waals surface area contributed by atoms with Gasteiger partial charge >= 0.3 is 0 Å². The first-order valence-corrected chi connectivity index (χ1v) is 8.50. The van der Waals surface area contributed by atoms with E-state index in [9.17, 15) is 0 Å². The summed E-state index contributed by atoms with van der Waals surface area (Å²) in [5, 5.41) is 0. The predicted molar refractivity (Wildman–Crippen MR) is 124 cm³/mol. The summed E-state index contributed by atoms with van der Waals surface area (Å²) in [6, 6.07) is 21.1. The molecule has 0 spiro atoms. The number of allylic oxidation sites excluding steroid dienone is 2. The lowest BCUT2D eigenvalue weighted by Crippen LogP contribution is -1.85. The molecule has 25 heavy (non-hydrogen) atoms. The average molecular weight is 345 g/mol. The van der Waals surface area contributed by atoms with E-state index in [1.165, 1.54) is 11.1 Å². The van der Waals surface area contributed by atoms with Crippen LogP contribution in [0.15, 0.2) is 86.0 Å². The third-order valence-corrected chi connectivity index (χ3v) is 2.09. The molecular formula is C25H44. The molecule has 2 rings (SSSR count). The lowest BCUT2D eigenvalue weighted by molar-refractivity contribution is 1.19. The highest BCUT2D eigenvalue weighted by molar-refractivity contribution is 5.25. The SMILES string of the molecule is C.C.C=CC.C=CC.CC.CC.c1ccc(Cc2ccccc2)cc1. The molecule has 0 bridgehead atoms. The van der Waals surface area contributed by atoms with Crippen molar-refractivity contribution in [1.82, 2.24) is 0 Å². The van der Waals surface area contributed by atoms with Crippen LogP contribution >= 0.6 is 0 Å². The first-order chi connectivity index (χ1) is 11.3. The van der Waals surface area contributed by atoms with Crippen LogP contribution in [0, 0.1) is 0 Å². The Morgan fingerprint density at radius 2 is 0.800 bits per heavy atom. The average Bonchev–Trinajstić information content (AvgIpc) is 2.62. The van der Waals surface area contributed by atoms with Gasteiger partial charge in [-0.25, -0.2) is 0 Å². The van der Waals surface area contributed by atoms with Gasteiger partial charge in [-0.05, 0) is 31.4 Å². The molecule has 2 aromatic carbocycles. The highest BCUT2D eigenvalue weighted by Crippen LogP contribution is 2.07. The maximum atomic E-state index is 3.36. The van der Waals surface area contributed by atoms with Crippen molar-refractivity contribution < 1.29 is 0 Å². The van der Waals surface area contributed by atoms with Crippen LogP contribution in [0.4, 0.5) is 0 Å². The van der Waals surface area contributed by atoms with Crippen LogP contribution < -0.4 is 0 Å². The van der Waals surface area contributed by atoms with Crippen molar-refractivity contribution in [2.24, 2.45) is 0 Å². The second kappa shape index (κ2) is 33.5. The van der Waals surface area contributed by atoms with Gasteiger partial charge in [0, 0.05) is 0 Å². The maximum absolute atomic E-state index is 3.36. The van der Waals surface area contributed by atoms with E-state index in [1.807, 2.05) is 41.5 Å². The van der Waals surface area contributed by atoms with Gasteiger partial charge < -0.3 is 0 Å². The Hall–Kier alpha value is -2.08. The summed E-state index contributed by atoms with van der Waals surface area (Å²) in [5.74, 6) is 0. The van der Waals surface area contributed by atoms with Gasteiger partial charge in [0.05, 0.1) is 0 Å². The number of hydrogen-bond donors (Lipinski definition) is 0. The van der Waals surface area contributed by atoms with Crippen LogP contribution in [0.2, 0.25) is 0 Å². The first kappa shape index (κ1) is 34.3. The van der Waals surface area contributed by atoms with E-state index in [0.717, 1.165) is 6.42 Å². The molecule has 0 heterocycles. The van der Waals surface area contributed by atoms with Crippen LogP contribution in [0.25, 0.3) is 0 Å². The van der Waals surface area contributed by atoms with Gasteiger partial charge in [-0.2, -0.15) is 0 Å². The summed E-state index contributed by atoms with van der Waals surface area (Å²) in [6.45, 7) is 18.5. The summed E-state index contributed by atoms with van der Waals surface area (Å²) in [7, 11) is 0. The molecule has 0 amide bonds. The molecule has 0 radical (unpaired) electrons. The second-order valence-electron chi connectivity index (χ2n) is 3.96. The first-order valence-electron chi connectivity index (χ1n) is 8.50. The zero-order valence-corrected chi connectivity index (χ0v) is 16.0. The van der Waals surface area contributed by atoms with Crippen LogP contribution in [-0.2, 0) is 6.42 Å². The van der Waals surface area contributed by atoms with Crippen LogP contribution in [0.1, 0.15) is 67.5 Å². The molecule has 2 aromatic rings. The minimum absolute atomic E-state index is 0. The van der Waals surface area contributed by atoms with E-state index in [0.29, 0.717) is 0 Å². The molecule has 0 saturated heterocycles. The third kappa shape index (κ3) is 27.1. The molecule has 0 N–H and O–H groups in total. The van der Waals surface area contributed by atoms with Gasteiger partial charge in [0.1, 0.15) is 0 Å². The second-order valence-corrected chi connectivity index (χ2v) is 3.96. The normalized spacial score (nSPS) is 6.64. The molecule has 0 aliphatic carbocycles. The predicted octanol–water partition coefficient (Wildman–Crippen LogP) is 8.99. The Kier molecular flexibility index (Phi) is 46.0. The van der Waals surface area contributed by atoms with Gasteiger partial charge in [0.2, 0.25) is 0 Å². The van der Waals surface area contributed by atoms with E-state index < -0.39 is 0 Å². The summed E-state index contributed by atoms with van der Waals surface area (Å²) in [5.41, 5.74) is 2.74. The number of hydrogen-bond acceptors (Lipinski definition) is 0. The minimum atomic E-state index is 0. The molecule has 0 aromatic heterocycles. The molecule has 0 unspecified atom stereocenters. The van der Waals surface area contributed by atoms with E-state index in [-0.39, 0.29) is 14.9 Å². The Morgan fingerprint density at radius 3 is 1.00 bits per heavy atom. The summed E-state index contributed by atoms with van der Waals surface area (Å²) in [4.78, 5) is 0. The van der Waals surface area contributed by atoms with E-state index in [2.05, 4.69) is 73.8 Å². The number of benzene rings is 2. The Bertz CT molecular complexity index is 383. The molecule has 0 nitrogen and oxygen atoms in total. The lowest BCUT2D eigenvalue weighted by Gasteiger charge is -2.00. The molecule has 0 aliphatic rings. The van der Waals surface area contributed by atoms with Crippen molar-refractivity contribution >= 4 is 0 Å². The topological polar surface area (TPSA) is 0 Å². The van der Waals surface area contributed by atoms with Gasteiger partial charge in [0.15, 0.2) is 0 Å². The fourth-order valence-electron chi connectivity index (χ4n) is 1.43. The highest BCUT2D eigenvalue weighted by Gasteiger charge is 1.92. The molecule has 0 fully saturated rings. The van der Waals surface area contributed by atoms with Crippen molar-refractivity contribution in [2.75, 3.05) is 0 Å². The fourth-order valence-corrected chi connectivity index (χ4v) is 1.43. The van der Waals surface area contributed by atoms with Crippen molar-refractivity contribution in [2.45, 2.75) is 62.8 Å². The van der Waals surface area contributed by atoms with Crippen molar-refractivity contribution in [3.63, 3.8) is 0 Å². The van der Waals surface area contributed by atoms with Crippen molar-refractivity contribution in [3.05, 3.63) is 97.1 Å². The Balaban J connectivity index is -0.0000000957. The minimum Gasteiger partial charge on any atom is -0.103 e. The molecule has 0 atom stereocenters. The fraction of sp³-hybridized carbons (Fsp3) is 0.360. The quantitative estimate of drug-likeness (QED) is 0.477. The van der Waals surface area contributed by atoms with Gasteiger partial charge in [0.25, 0.3) is 0 Å². The van der Waals surface area contributed by atoms with Gasteiger partial charge in [-0.1, -0.05) is 115 Å². The van der Waals surface area contributed by atoms with Crippen molar-refractivity contribution in [1.29, 1.82) is 0 Å². The van der Waals surface area contributed by atoms with Gasteiger partial charge in [-0.3, -0.25) is 0 Å². The summed E-state index contributed by atoms with van der Waals surface area (Å²) >= 11 is 0. The van der Waals surface area contributed by atoms with Crippen molar-refractivity contribution in [3.8, 4) is 0 Å². The standard InChI is InChI=1S/C13H12.2C3H6.2C2H6.2CH4/c1-3-7-12(8-4-1)11-13-9-5-2-6-10-13;2*1-3-2;2*1-2;;/h1-10H,11H2;2*3H,1H2,2H3;2*1-2H3;2*1H4. The molecular weight excluding hydrogens is 300 g/mol. The maximum Gasteiger partial charge on any atom is -0.00258 e. The molecule has 0 saturated carbocycles. The van der Waals surface area contributed by atoms with Gasteiger partial charge in [-0.15, -0.1) is 13.2 Å². The van der Waals surface area contributed by atoms with Crippen LogP contribution in [0.5, 0.6) is 0 Å². The zero-order valence-electron chi connectivity index (χ0n) is 16.0. The Labute approximate surface area is 160 Å². The summed E-state index contributed by atoms with van der Waals surface area (Å²) in [6.07, 6.45) is 4.53. The Morgan fingerprint density at radius 1 is 0.600 bits per heavy atom.